The predicted molar refractivity (Wildman–Crippen MR) is 133 cm³/mol. The maximum Gasteiger partial charge on any atom is 0.508 e. The van der Waals surface area contributed by atoms with Gasteiger partial charge in [-0.05, 0) is 59.2 Å². The Morgan fingerprint density at radius 2 is 1.73 bits per heavy atom. The van der Waals surface area contributed by atoms with Gasteiger partial charge in [0.25, 0.3) is 0 Å². The molecule has 206 valence electrons. The fraction of sp³-hybridized carbons (Fsp3) is 0.615. The summed E-state index contributed by atoms with van der Waals surface area (Å²) in [5.74, 6) is 0.999. The number of rotatable bonds is 10. The Bertz CT molecular complexity index is 1020. The fourth-order valence-electron chi connectivity index (χ4n) is 4.06. The SMILES string of the molecule is CCOC(=O)OCC1O[C@@H](Oc2nn(C(C)C)c(C)c2Cc2ccc(OC(C)C)cc2)[C@H](O)[C@@H](O)[C@@H]1O. The second-order valence-electron chi connectivity index (χ2n) is 9.52. The smallest absolute Gasteiger partial charge is 0.491 e. The van der Waals surface area contributed by atoms with Crippen LogP contribution in [0.5, 0.6) is 11.6 Å². The molecule has 1 fully saturated rings. The summed E-state index contributed by atoms with van der Waals surface area (Å²) in [4.78, 5) is 11.6. The summed E-state index contributed by atoms with van der Waals surface area (Å²) in [5.41, 5.74) is 2.65. The maximum absolute atomic E-state index is 11.6. The highest BCUT2D eigenvalue weighted by Gasteiger charge is 2.46. The molecule has 1 aliphatic rings. The minimum Gasteiger partial charge on any atom is -0.491 e. The number of aliphatic hydroxyl groups excluding tert-OH is 3. The van der Waals surface area contributed by atoms with Crippen molar-refractivity contribution in [3.8, 4) is 11.6 Å². The molecule has 0 radical (unpaired) electrons. The average molecular weight is 523 g/mol. The molecule has 0 saturated carbocycles. The van der Waals surface area contributed by atoms with Crippen LogP contribution in [0.15, 0.2) is 24.3 Å². The van der Waals surface area contributed by atoms with Crippen molar-refractivity contribution < 1.29 is 43.8 Å². The third-order valence-corrected chi connectivity index (χ3v) is 5.93. The van der Waals surface area contributed by atoms with Crippen molar-refractivity contribution in [1.82, 2.24) is 9.78 Å². The van der Waals surface area contributed by atoms with Crippen LogP contribution in [0.2, 0.25) is 0 Å². The van der Waals surface area contributed by atoms with E-state index in [9.17, 15) is 20.1 Å². The highest BCUT2D eigenvalue weighted by molar-refractivity contribution is 5.59. The van der Waals surface area contributed by atoms with E-state index in [1.54, 1.807) is 6.92 Å². The van der Waals surface area contributed by atoms with Gasteiger partial charge in [-0.3, -0.25) is 4.68 Å². The van der Waals surface area contributed by atoms with Crippen molar-refractivity contribution in [2.75, 3.05) is 13.2 Å². The second-order valence-corrected chi connectivity index (χ2v) is 9.52. The Morgan fingerprint density at radius 3 is 2.32 bits per heavy atom. The van der Waals surface area contributed by atoms with E-state index in [2.05, 4.69) is 5.10 Å². The molecule has 1 aromatic heterocycles. The van der Waals surface area contributed by atoms with Crippen molar-refractivity contribution in [2.24, 2.45) is 0 Å². The Morgan fingerprint density at radius 1 is 1.05 bits per heavy atom. The van der Waals surface area contributed by atoms with Gasteiger partial charge < -0.3 is 39.0 Å². The standard InChI is InChI=1S/C26H38N2O9/c1-7-33-26(32)34-13-20-21(29)22(30)23(31)25(36-20)37-24-19(16(6)28(27-24)14(2)3)12-17-8-10-18(11-9-17)35-15(4)5/h8-11,14-15,20-23,25,29-31H,7,12-13H2,1-6H3/t20?,21-,22+,23-,25+/m1/s1. The van der Waals surface area contributed by atoms with Crippen LogP contribution in [0.3, 0.4) is 0 Å². The normalized spacial score (nSPS) is 23.8. The zero-order chi connectivity index (χ0) is 27.3. The molecular weight excluding hydrogens is 484 g/mol. The van der Waals surface area contributed by atoms with E-state index in [1.807, 2.05) is 63.6 Å². The molecule has 11 heteroatoms. The highest BCUT2D eigenvalue weighted by Crippen LogP contribution is 2.31. The molecule has 5 atom stereocenters. The van der Waals surface area contributed by atoms with Crippen molar-refractivity contribution >= 4 is 6.16 Å². The van der Waals surface area contributed by atoms with Gasteiger partial charge in [-0.25, -0.2) is 4.79 Å². The summed E-state index contributed by atoms with van der Waals surface area (Å²) in [6, 6.07) is 7.76. The summed E-state index contributed by atoms with van der Waals surface area (Å²) >= 11 is 0. The van der Waals surface area contributed by atoms with Crippen LogP contribution in [0.4, 0.5) is 4.79 Å². The molecule has 1 saturated heterocycles. The first-order chi connectivity index (χ1) is 17.5. The molecule has 37 heavy (non-hydrogen) atoms. The van der Waals surface area contributed by atoms with Crippen LogP contribution in [0.1, 0.15) is 57.5 Å². The Kier molecular flexibility index (Phi) is 9.77. The maximum atomic E-state index is 11.6. The van der Waals surface area contributed by atoms with Crippen LogP contribution in [0.25, 0.3) is 0 Å². The summed E-state index contributed by atoms with van der Waals surface area (Å²) in [7, 11) is 0. The van der Waals surface area contributed by atoms with Gasteiger partial charge in [-0.1, -0.05) is 12.1 Å². The Balaban J connectivity index is 1.82. The van der Waals surface area contributed by atoms with Crippen LogP contribution in [0, 0.1) is 6.92 Å². The van der Waals surface area contributed by atoms with E-state index in [4.69, 9.17) is 23.7 Å². The summed E-state index contributed by atoms with van der Waals surface area (Å²) in [6.45, 7) is 11.2. The quantitative estimate of drug-likeness (QED) is 0.399. The molecule has 0 amide bonds. The zero-order valence-corrected chi connectivity index (χ0v) is 22.2. The van der Waals surface area contributed by atoms with Gasteiger partial charge in [0.2, 0.25) is 12.2 Å². The Labute approximate surface area is 216 Å². The van der Waals surface area contributed by atoms with Crippen LogP contribution >= 0.6 is 0 Å². The molecule has 1 aliphatic heterocycles. The van der Waals surface area contributed by atoms with E-state index >= 15 is 0 Å². The molecule has 0 aliphatic carbocycles. The minimum atomic E-state index is -1.60. The van der Waals surface area contributed by atoms with Crippen molar-refractivity contribution in [1.29, 1.82) is 0 Å². The number of nitrogens with zero attached hydrogens (tertiary/aromatic N) is 2. The van der Waals surface area contributed by atoms with Gasteiger partial charge in [0, 0.05) is 23.7 Å². The number of aliphatic hydroxyl groups is 3. The van der Waals surface area contributed by atoms with Crippen molar-refractivity contribution in [3.63, 3.8) is 0 Å². The van der Waals surface area contributed by atoms with Gasteiger partial charge >= 0.3 is 6.16 Å². The van der Waals surface area contributed by atoms with Gasteiger partial charge in [0.1, 0.15) is 36.8 Å². The molecule has 0 bridgehead atoms. The molecule has 11 nitrogen and oxygen atoms in total. The third kappa shape index (κ3) is 7.13. The highest BCUT2D eigenvalue weighted by atomic mass is 16.7. The van der Waals surface area contributed by atoms with E-state index in [0.717, 1.165) is 22.6 Å². The first-order valence-electron chi connectivity index (χ1n) is 12.5. The molecule has 2 aromatic rings. The minimum absolute atomic E-state index is 0.0354. The first-order valence-corrected chi connectivity index (χ1v) is 12.5. The number of hydrogen-bond acceptors (Lipinski definition) is 10. The van der Waals surface area contributed by atoms with Gasteiger partial charge in [0.15, 0.2) is 0 Å². The zero-order valence-electron chi connectivity index (χ0n) is 22.2. The number of aromatic nitrogens is 2. The van der Waals surface area contributed by atoms with Crippen molar-refractivity contribution in [2.45, 2.75) is 90.8 Å². The lowest BCUT2D eigenvalue weighted by molar-refractivity contribution is -0.278. The lowest BCUT2D eigenvalue weighted by Crippen LogP contribution is -2.60. The molecule has 1 aromatic carbocycles. The number of benzene rings is 1. The van der Waals surface area contributed by atoms with E-state index < -0.39 is 43.5 Å². The molecule has 3 rings (SSSR count). The summed E-state index contributed by atoms with van der Waals surface area (Å²) in [6.07, 6.45) is -7.58. The van der Waals surface area contributed by atoms with E-state index in [0.29, 0.717) is 6.42 Å². The van der Waals surface area contributed by atoms with Crippen LogP contribution in [-0.4, -0.2) is 81.3 Å². The second kappa shape index (κ2) is 12.6. The van der Waals surface area contributed by atoms with Gasteiger partial charge in [0.05, 0.1) is 12.7 Å². The summed E-state index contributed by atoms with van der Waals surface area (Å²) < 4.78 is 28.9. The Hall–Kier alpha value is -2.86. The predicted octanol–water partition coefficient (Wildman–Crippen LogP) is 2.51. The molecule has 3 N–H and O–H groups in total. The van der Waals surface area contributed by atoms with Gasteiger partial charge in [-0.15, -0.1) is 5.10 Å². The molecule has 2 heterocycles. The average Bonchev–Trinajstić information content (AvgIpc) is 3.14. The third-order valence-electron chi connectivity index (χ3n) is 5.93. The number of hydrogen-bond donors (Lipinski definition) is 3. The lowest BCUT2D eigenvalue weighted by Gasteiger charge is -2.39. The fourth-order valence-corrected chi connectivity index (χ4v) is 4.06. The van der Waals surface area contributed by atoms with Crippen LogP contribution in [-0.2, 0) is 20.6 Å². The number of carbonyl (C=O) groups excluding carboxylic acids is 1. The lowest BCUT2D eigenvalue weighted by atomic mass is 9.99. The van der Waals surface area contributed by atoms with E-state index in [1.165, 1.54) is 0 Å². The largest absolute Gasteiger partial charge is 0.508 e. The molecule has 0 spiro atoms. The number of ether oxygens (including phenoxy) is 5. The number of carbonyl (C=O) groups is 1. The monoisotopic (exact) mass is 522 g/mol. The first kappa shape index (κ1) is 28.7. The van der Waals surface area contributed by atoms with Gasteiger partial charge in [-0.2, -0.15) is 0 Å². The summed E-state index contributed by atoms with van der Waals surface area (Å²) in [5, 5.41) is 35.9. The van der Waals surface area contributed by atoms with Crippen LogP contribution < -0.4 is 9.47 Å². The molecular formula is C26H38N2O9. The topological polar surface area (TPSA) is 142 Å². The molecule has 1 unspecified atom stereocenters. The van der Waals surface area contributed by atoms with E-state index in [-0.39, 0.29) is 24.6 Å². The van der Waals surface area contributed by atoms with Crippen molar-refractivity contribution in [3.05, 3.63) is 41.1 Å².